The highest BCUT2D eigenvalue weighted by Crippen LogP contribution is 2.35. The number of nitriles is 1. The largest absolute Gasteiger partial charge is 0.371 e. The summed E-state index contributed by atoms with van der Waals surface area (Å²) in [6, 6.07) is 18.8. The molecule has 2 aliphatic heterocycles. The van der Waals surface area contributed by atoms with Gasteiger partial charge in [0.1, 0.15) is 6.33 Å². The van der Waals surface area contributed by atoms with Gasteiger partial charge in [-0.15, -0.1) is 10.2 Å². The standard InChI is InChI=1S/C25H22N6/c1-17-8-9-29(13-17)22-6-7-23-21(10-22)15-30-14-20(19-4-2-18(12-26)3-5-19)11-24(30)25-28-27-16-31(23)25/h2-7,10-11,14,16-17H,8-9,13,15H2,1H3/t17-/m1/s1. The van der Waals surface area contributed by atoms with Crippen LogP contribution in [0.5, 0.6) is 0 Å². The Morgan fingerprint density at radius 1 is 1.06 bits per heavy atom. The number of hydrogen-bond acceptors (Lipinski definition) is 4. The molecule has 152 valence electrons. The highest BCUT2D eigenvalue weighted by Gasteiger charge is 2.24. The Kier molecular flexibility index (Phi) is 3.97. The van der Waals surface area contributed by atoms with Gasteiger partial charge in [-0.25, -0.2) is 0 Å². The Hall–Kier alpha value is -3.85. The average Bonchev–Trinajstić information content (AvgIpc) is 3.52. The van der Waals surface area contributed by atoms with Crippen LogP contribution >= 0.6 is 0 Å². The monoisotopic (exact) mass is 406 g/mol. The summed E-state index contributed by atoms with van der Waals surface area (Å²) in [7, 11) is 0. The summed E-state index contributed by atoms with van der Waals surface area (Å²) >= 11 is 0. The van der Waals surface area contributed by atoms with E-state index in [0.29, 0.717) is 5.56 Å². The van der Waals surface area contributed by atoms with Crippen molar-refractivity contribution in [2.24, 2.45) is 5.92 Å². The van der Waals surface area contributed by atoms with Crippen molar-refractivity contribution in [2.75, 3.05) is 18.0 Å². The lowest BCUT2D eigenvalue weighted by Crippen LogP contribution is -2.19. The van der Waals surface area contributed by atoms with E-state index in [1.807, 2.05) is 24.3 Å². The number of benzene rings is 2. The van der Waals surface area contributed by atoms with E-state index in [1.54, 1.807) is 6.33 Å². The van der Waals surface area contributed by atoms with Crippen molar-refractivity contribution in [1.82, 2.24) is 19.3 Å². The van der Waals surface area contributed by atoms with Crippen LogP contribution in [-0.2, 0) is 6.54 Å². The van der Waals surface area contributed by atoms with Gasteiger partial charge in [-0.1, -0.05) is 19.1 Å². The van der Waals surface area contributed by atoms with Crippen molar-refractivity contribution < 1.29 is 0 Å². The maximum atomic E-state index is 9.08. The minimum atomic E-state index is 0.668. The smallest absolute Gasteiger partial charge is 0.185 e. The van der Waals surface area contributed by atoms with Crippen LogP contribution in [0.4, 0.5) is 5.69 Å². The molecule has 0 unspecified atom stereocenters. The van der Waals surface area contributed by atoms with Crippen LogP contribution in [0.1, 0.15) is 24.5 Å². The predicted octanol–water partition coefficient (Wildman–Crippen LogP) is 4.48. The zero-order valence-electron chi connectivity index (χ0n) is 17.4. The quantitative estimate of drug-likeness (QED) is 0.434. The van der Waals surface area contributed by atoms with Crippen LogP contribution < -0.4 is 4.90 Å². The molecule has 4 aromatic rings. The second-order valence-corrected chi connectivity index (χ2v) is 8.61. The summed E-state index contributed by atoms with van der Waals surface area (Å²) < 4.78 is 4.35. The summed E-state index contributed by atoms with van der Waals surface area (Å²) in [6.45, 7) is 5.34. The number of rotatable bonds is 2. The fourth-order valence-corrected chi connectivity index (χ4v) is 4.79. The first-order chi connectivity index (χ1) is 15.2. The van der Waals surface area contributed by atoms with Gasteiger partial charge in [0.05, 0.1) is 23.0 Å². The molecule has 2 aromatic carbocycles. The third-order valence-electron chi connectivity index (χ3n) is 6.47. The van der Waals surface area contributed by atoms with Gasteiger partial charge >= 0.3 is 0 Å². The van der Waals surface area contributed by atoms with Crippen molar-refractivity contribution >= 4 is 5.69 Å². The SMILES string of the molecule is C[C@@H]1CCN(c2ccc3c(c2)Cn2cc(-c4ccc(C#N)cc4)cc2-c2nncn2-3)C1. The third kappa shape index (κ3) is 2.93. The van der Waals surface area contributed by atoms with Crippen LogP contribution in [-0.4, -0.2) is 32.4 Å². The number of anilines is 1. The van der Waals surface area contributed by atoms with E-state index >= 15 is 0 Å². The lowest BCUT2D eigenvalue weighted by Gasteiger charge is -2.20. The molecule has 0 bridgehead atoms. The van der Waals surface area contributed by atoms with Gasteiger partial charge in [0, 0.05) is 37.1 Å². The fraction of sp³-hybridized carbons (Fsp3) is 0.240. The third-order valence-corrected chi connectivity index (χ3v) is 6.47. The molecule has 0 amide bonds. The number of nitrogens with zero attached hydrogens (tertiary/aromatic N) is 6. The van der Waals surface area contributed by atoms with Gasteiger partial charge < -0.3 is 9.47 Å². The molecule has 1 saturated heterocycles. The predicted molar refractivity (Wildman–Crippen MR) is 120 cm³/mol. The Morgan fingerprint density at radius 2 is 1.94 bits per heavy atom. The second kappa shape index (κ2) is 6.85. The van der Waals surface area contributed by atoms with Crippen LogP contribution in [0.25, 0.3) is 28.3 Å². The molecule has 1 fully saturated rings. The first-order valence-electron chi connectivity index (χ1n) is 10.7. The molecule has 2 aromatic heterocycles. The molecule has 0 saturated carbocycles. The van der Waals surface area contributed by atoms with Gasteiger partial charge in [0.2, 0.25) is 0 Å². The van der Waals surface area contributed by atoms with E-state index in [4.69, 9.17) is 5.26 Å². The normalized spacial score (nSPS) is 16.9. The molecule has 0 radical (unpaired) electrons. The molecule has 0 spiro atoms. The van der Waals surface area contributed by atoms with Crippen LogP contribution in [0.15, 0.2) is 61.1 Å². The maximum Gasteiger partial charge on any atom is 0.185 e. The molecule has 31 heavy (non-hydrogen) atoms. The number of fused-ring (bicyclic) bond motifs is 5. The highest BCUT2D eigenvalue weighted by atomic mass is 15.3. The minimum Gasteiger partial charge on any atom is -0.371 e. The zero-order chi connectivity index (χ0) is 20.9. The van der Waals surface area contributed by atoms with Gasteiger partial charge in [0.15, 0.2) is 5.82 Å². The second-order valence-electron chi connectivity index (χ2n) is 8.61. The zero-order valence-corrected chi connectivity index (χ0v) is 17.4. The number of aromatic nitrogens is 4. The van der Waals surface area contributed by atoms with Gasteiger partial charge in [-0.3, -0.25) is 4.57 Å². The van der Waals surface area contributed by atoms with Gasteiger partial charge in [-0.05, 0) is 59.9 Å². The summed E-state index contributed by atoms with van der Waals surface area (Å²) in [6.07, 6.45) is 5.23. The molecule has 6 rings (SSSR count). The van der Waals surface area contributed by atoms with Crippen LogP contribution in [0, 0.1) is 17.2 Å². The summed E-state index contributed by atoms with van der Waals surface area (Å²) in [5.41, 5.74) is 7.61. The Morgan fingerprint density at radius 3 is 2.71 bits per heavy atom. The fourth-order valence-electron chi connectivity index (χ4n) is 4.79. The van der Waals surface area contributed by atoms with Gasteiger partial charge in [0.25, 0.3) is 0 Å². The lowest BCUT2D eigenvalue weighted by molar-refractivity contribution is 0.659. The van der Waals surface area contributed by atoms with Gasteiger partial charge in [-0.2, -0.15) is 5.26 Å². The Bertz CT molecular complexity index is 1320. The summed E-state index contributed by atoms with van der Waals surface area (Å²) in [4.78, 5) is 2.49. The van der Waals surface area contributed by atoms with Crippen molar-refractivity contribution in [3.63, 3.8) is 0 Å². The molecule has 2 aliphatic rings. The molecule has 0 aliphatic carbocycles. The first-order valence-corrected chi connectivity index (χ1v) is 10.7. The van der Waals surface area contributed by atoms with Crippen molar-refractivity contribution in [3.05, 3.63) is 72.2 Å². The maximum absolute atomic E-state index is 9.08. The van der Waals surface area contributed by atoms with E-state index in [-0.39, 0.29) is 0 Å². The lowest BCUT2D eigenvalue weighted by atomic mass is 10.1. The van der Waals surface area contributed by atoms with E-state index in [1.165, 1.54) is 17.7 Å². The van der Waals surface area contributed by atoms with Crippen LogP contribution in [0.3, 0.4) is 0 Å². The van der Waals surface area contributed by atoms with Crippen molar-refractivity contribution in [1.29, 1.82) is 5.26 Å². The minimum absolute atomic E-state index is 0.668. The Balaban J connectivity index is 1.44. The summed E-state index contributed by atoms with van der Waals surface area (Å²) in [5.74, 6) is 1.59. The van der Waals surface area contributed by atoms with Crippen LogP contribution in [0.2, 0.25) is 0 Å². The van der Waals surface area contributed by atoms with Crippen molar-refractivity contribution in [3.8, 4) is 34.4 Å². The van der Waals surface area contributed by atoms with E-state index < -0.39 is 0 Å². The first kappa shape index (κ1) is 18.0. The molecule has 6 nitrogen and oxygen atoms in total. The molecule has 0 N–H and O–H groups in total. The van der Waals surface area contributed by atoms with E-state index in [0.717, 1.165) is 53.9 Å². The van der Waals surface area contributed by atoms with Crippen molar-refractivity contribution in [2.45, 2.75) is 19.9 Å². The highest BCUT2D eigenvalue weighted by molar-refractivity contribution is 5.72. The topological polar surface area (TPSA) is 62.7 Å². The molecule has 4 heterocycles. The molecule has 6 heteroatoms. The average molecular weight is 406 g/mol. The number of hydrogen-bond donors (Lipinski definition) is 0. The van der Waals surface area contributed by atoms with E-state index in [2.05, 4.69) is 67.7 Å². The molecular formula is C25H22N6. The molecular weight excluding hydrogens is 384 g/mol. The molecule has 1 atom stereocenters. The van der Waals surface area contributed by atoms with E-state index in [9.17, 15) is 0 Å². The Labute approximate surface area is 181 Å². The summed E-state index contributed by atoms with van der Waals surface area (Å²) in [5, 5.41) is 17.7.